The molecule has 3 rings (SSSR count). The average molecular weight is 469 g/mol. The maximum Gasteiger partial charge on any atom is 0.306 e. The van der Waals surface area contributed by atoms with Crippen molar-refractivity contribution >= 4 is 52.4 Å². The lowest BCUT2D eigenvalue weighted by atomic mass is 10.1. The Morgan fingerprint density at radius 2 is 1.77 bits per heavy atom. The van der Waals surface area contributed by atoms with E-state index in [1.54, 1.807) is 0 Å². The Labute approximate surface area is 187 Å². The minimum atomic E-state index is -0.589. The molecule has 0 radical (unpaired) electrons. The summed E-state index contributed by atoms with van der Waals surface area (Å²) >= 11 is 17.8. The standard InChI is InChI=1S/C20H16Cl3N3O4/c1-11-2-4-12(5-3-11)20-25-17(30-26-20)6-7-18(28)29-10-16(27)24-19-14(22)8-13(21)9-15(19)23/h2-5,8-9H,6-7,10H2,1H3,(H,24,27). The van der Waals surface area contributed by atoms with Gasteiger partial charge < -0.3 is 14.6 Å². The van der Waals surface area contributed by atoms with Crippen molar-refractivity contribution < 1.29 is 18.8 Å². The number of carbonyl (C=O) groups excluding carboxylic acids is 2. The van der Waals surface area contributed by atoms with E-state index in [2.05, 4.69) is 15.5 Å². The molecule has 1 heterocycles. The summed E-state index contributed by atoms with van der Waals surface area (Å²) in [6.07, 6.45) is 0.166. The van der Waals surface area contributed by atoms with E-state index < -0.39 is 18.5 Å². The van der Waals surface area contributed by atoms with Gasteiger partial charge in [0.05, 0.1) is 22.2 Å². The molecule has 0 unspecified atom stereocenters. The van der Waals surface area contributed by atoms with E-state index in [-0.39, 0.29) is 28.6 Å². The zero-order chi connectivity index (χ0) is 21.7. The number of benzene rings is 2. The van der Waals surface area contributed by atoms with Crippen molar-refractivity contribution in [2.75, 3.05) is 11.9 Å². The summed E-state index contributed by atoms with van der Waals surface area (Å²) in [5.74, 6) is -0.441. The fourth-order valence-corrected chi connectivity index (χ4v) is 3.35. The Kier molecular flexibility index (Phi) is 7.31. The summed E-state index contributed by atoms with van der Waals surface area (Å²) < 4.78 is 10.1. The highest BCUT2D eigenvalue weighted by molar-refractivity contribution is 6.42. The first-order chi connectivity index (χ1) is 14.3. The van der Waals surface area contributed by atoms with E-state index in [0.717, 1.165) is 11.1 Å². The lowest BCUT2D eigenvalue weighted by Gasteiger charge is -2.10. The normalized spacial score (nSPS) is 10.7. The second-order valence-corrected chi connectivity index (χ2v) is 7.58. The van der Waals surface area contributed by atoms with Crippen LogP contribution in [-0.4, -0.2) is 28.6 Å². The zero-order valence-electron chi connectivity index (χ0n) is 15.7. The van der Waals surface area contributed by atoms with Crippen molar-refractivity contribution in [3.8, 4) is 11.4 Å². The molecule has 0 saturated heterocycles. The molecular formula is C20H16Cl3N3O4. The summed E-state index contributed by atoms with van der Waals surface area (Å²) in [5, 5.41) is 7.06. The number of aryl methyl sites for hydroxylation is 2. The lowest BCUT2D eigenvalue weighted by Crippen LogP contribution is -2.21. The van der Waals surface area contributed by atoms with Crippen LogP contribution in [0.4, 0.5) is 5.69 Å². The average Bonchev–Trinajstić information content (AvgIpc) is 3.17. The molecule has 0 aliphatic carbocycles. The van der Waals surface area contributed by atoms with Gasteiger partial charge in [0.25, 0.3) is 5.91 Å². The van der Waals surface area contributed by atoms with Gasteiger partial charge in [-0.1, -0.05) is 69.8 Å². The van der Waals surface area contributed by atoms with Crippen molar-refractivity contribution in [1.82, 2.24) is 10.1 Å². The SMILES string of the molecule is Cc1ccc(-c2noc(CCC(=O)OCC(=O)Nc3c(Cl)cc(Cl)cc3Cl)n2)cc1. The van der Waals surface area contributed by atoms with Gasteiger partial charge in [0, 0.05) is 17.0 Å². The van der Waals surface area contributed by atoms with Crippen LogP contribution < -0.4 is 5.32 Å². The van der Waals surface area contributed by atoms with E-state index in [1.807, 2.05) is 31.2 Å². The van der Waals surface area contributed by atoms with E-state index in [9.17, 15) is 9.59 Å². The summed E-state index contributed by atoms with van der Waals surface area (Å²) in [7, 11) is 0. The smallest absolute Gasteiger partial charge is 0.306 e. The minimum Gasteiger partial charge on any atom is -0.456 e. The lowest BCUT2D eigenvalue weighted by molar-refractivity contribution is -0.147. The van der Waals surface area contributed by atoms with Crippen molar-refractivity contribution in [2.24, 2.45) is 0 Å². The fraction of sp³-hybridized carbons (Fsp3) is 0.200. The Bertz CT molecular complexity index is 1040. The largest absolute Gasteiger partial charge is 0.456 e. The number of aromatic nitrogens is 2. The van der Waals surface area contributed by atoms with Gasteiger partial charge >= 0.3 is 5.97 Å². The minimum absolute atomic E-state index is 0.0226. The number of ether oxygens (including phenoxy) is 1. The number of carbonyl (C=O) groups is 2. The number of hydrogen-bond acceptors (Lipinski definition) is 6. The highest BCUT2D eigenvalue weighted by atomic mass is 35.5. The summed E-state index contributed by atoms with van der Waals surface area (Å²) in [4.78, 5) is 28.1. The van der Waals surface area contributed by atoms with Crippen LogP contribution in [0.25, 0.3) is 11.4 Å². The molecule has 3 aromatic rings. The van der Waals surface area contributed by atoms with E-state index in [4.69, 9.17) is 44.1 Å². The van der Waals surface area contributed by atoms with Crippen molar-refractivity contribution in [1.29, 1.82) is 0 Å². The molecule has 0 bridgehead atoms. The molecule has 1 N–H and O–H groups in total. The molecule has 7 nitrogen and oxygen atoms in total. The predicted molar refractivity (Wildman–Crippen MR) is 114 cm³/mol. The Balaban J connectivity index is 1.46. The number of halogens is 3. The van der Waals surface area contributed by atoms with Gasteiger partial charge in [0.1, 0.15) is 0 Å². The molecule has 0 saturated carbocycles. The molecule has 0 atom stereocenters. The molecule has 0 aliphatic heterocycles. The molecule has 2 aromatic carbocycles. The highest BCUT2D eigenvalue weighted by Crippen LogP contribution is 2.33. The van der Waals surface area contributed by atoms with Gasteiger partial charge in [-0.3, -0.25) is 9.59 Å². The number of hydrogen-bond donors (Lipinski definition) is 1. The Morgan fingerprint density at radius 1 is 1.10 bits per heavy atom. The maximum absolute atomic E-state index is 12.0. The molecule has 1 amide bonds. The molecule has 0 aliphatic rings. The van der Waals surface area contributed by atoms with Crippen LogP contribution in [-0.2, 0) is 20.7 Å². The molecule has 0 spiro atoms. The van der Waals surface area contributed by atoms with Crippen molar-refractivity contribution in [2.45, 2.75) is 19.8 Å². The van der Waals surface area contributed by atoms with Crippen LogP contribution >= 0.6 is 34.8 Å². The molecule has 0 fully saturated rings. The first-order valence-electron chi connectivity index (χ1n) is 8.81. The molecule has 10 heteroatoms. The summed E-state index contributed by atoms with van der Waals surface area (Å²) in [6, 6.07) is 10.5. The van der Waals surface area contributed by atoms with Gasteiger partial charge in [0.15, 0.2) is 6.61 Å². The van der Waals surface area contributed by atoms with Gasteiger partial charge in [-0.2, -0.15) is 4.98 Å². The third-order valence-corrected chi connectivity index (χ3v) is 4.77. The van der Waals surface area contributed by atoms with Gasteiger partial charge in [-0.05, 0) is 19.1 Å². The first-order valence-corrected chi connectivity index (χ1v) is 9.95. The molecule has 1 aromatic heterocycles. The molecular weight excluding hydrogens is 453 g/mol. The zero-order valence-corrected chi connectivity index (χ0v) is 18.0. The Hall–Kier alpha value is -2.61. The molecule has 30 heavy (non-hydrogen) atoms. The quantitative estimate of drug-likeness (QED) is 0.484. The predicted octanol–water partition coefficient (Wildman–Crippen LogP) is 5.12. The number of anilines is 1. The second kappa shape index (κ2) is 9.93. The van der Waals surface area contributed by atoms with Crippen LogP contribution in [0, 0.1) is 6.92 Å². The third kappa shape index (κ3) is 5.95. The van der Waals surface area contributed by atoms with Gasteiger partial charge in [-0.25, -0.2) is 0 Å². The number of amides is 1. The van der Waals surface area contributed by atoms with E-state index in [0.29, 0.717) is 16.7 Å². The number of rotatable bonds is 7. The Morgan fingerprint density at radius 3 is 2.43 bits per heavy atom. The number of nitrogens with one attached hydrogen (secondary N) is 1. The van der Waals surface area contributed by atoms with Crippen LogP contribution in [0.3, 0.4) is 0 Å². The highest BCUT2D eigenvalue weighted by Gasteiger charge is 2.15. The number of nitrogens with zero attached hydrogens (tertiary/aromatic N) is 2. The van der Waals surface area contributed by atoms with Crippen molar-refractivity contribution in [3.63, 3.8) is 0 Å². The van der Waals surface area contributed by atoms with Crippen LogP contribution in [0.15, 0.2) is 40.9 Å². The maximum atomic E-state index is 12.0. The van der Waals surface area contributed by atoms with Gasteiger partial charge in [0.2, 0.25) is 11.7 Å². The van der Waals surface area contributed by atoms with Crippen molar-refractivity contribution in [3.05, 3.63) is 62.9 Å². The van der Waals surface area contributed by atoms with Crippen LogP contribution in [0.2, 0.25) is 15.1 Å². The summed E-state index contributed by atoms with van der Waals surface area (Å²) in [5.41, 5.74) is 2.13. The fourth-order valence-electron chi connectivity index (χ4n) is 2.44. The van der Waals surface area contributed by atoms with Gasteiger partial charge in [-0.15, -0.1) is 0 Å². The second-order valence-electron chi connectivity index (χ2n) is 6.33. The topological polar surface area (TPSA) is 94.3 Å². The van der Waals surface area contributed by atoms with E-state index >= 15 is 0 Å². The van der Waals surface area contributed by atoms with Crippen LogP contribution in [0.5, 0.6) is 0 Å². The number of esters is 1. The monoisotopic (exact) mass is 467 g/mol. The van der Waals surface area contributed by atoms with E-state index in [1.165, 1.54) is 12.1 Å². The summed E-state index contributed by atoms with van der Waals surface area (Å²) in [6.45, 7) is 1.49. The van der Waals surface area contributed by atoms with Crippen LogP contribution in [0.1, 0.15) is 17.9 Å². The first kappa shape index (κ1) is 22.1. The molecule has 156 valence electrons. The third-order valence-electron chi connectivity index (χ3n) is 3.96.